The predicted octanol–water partition coefficient (Wildman–Crippen LogP) is 2.29. The Bertz CT molecular complexity index is 415. The Kier molecular flexibility index (Phi) is 6.57. The quantitative estimate of drug-likeness (QED) is 0.650. The molecule has 0 saturated heterocycles. The number of aryl methyl sites for hydroxylation is 1. The maximum Gasteiger partial charge on any atom is 0.287 e. The van der Waals surface area contributed by atoms with Crippen LogP contribution in [0.4, 0.5) is 20.4 Å². The first-order valence-corrected chi connectivity index (χ1v) is 6.85. The van der Waals surface area contributed by atoms with Gasteiger partial charge in [-0.2, -0.15) is 0 Å². The second-order valence-corrected chi connectivity index (χ2v) is 4.60. The Balaban J connectivity index is 2.79. The van der Waals surface area contributed by atoms with Crippen LogP contribution in [0.1, 0.15) is 32.5 Å². The summed E-state index contributed by atoms with van der Waals surface area (Å²) in [6.45, 7) is 2.95. The molecule has 3 N–H and O–H groups in total. The highest BCUT2D eigenvalue weighted by Gasteiger charge is 2.27. The van der Waals surface area contributed by atoms with Gasteiger partial charge in [-0.05, 0) is 12.8 Å². The first-order chi connectivity index (χ1) is 9.50. The Morgan fingerprint density at radius 2 is 1.80 bits per heavy atom. The van der Waals surface area contributed by atoms with Crippen LogP contribution < -0.4 is 10.6 Å². The first kappa shape index (κ1) is 16.6. The standard InChI is InChI=1S/C13H22F2N4O/c1-3-5-10-18-11(16-6-4-2)7-12(19-10)17-8-13(14,15)9-20/h7,20H,3-6,8-9H2,1-2H3,(H2,16,17,18,19). The molecule has 0 radical (unpaired) electrons. The van der Waals surface area contributed by atoms with Gasteiger partial charge in [0.25, 0.3) is 5.92 Å². The summed E-state index contributed by atoms with van der Waals surface area (Å²) >= 11 is 0. The molecule has 0 atom stereocenters. The molecule has 5 nitrogen and oxygen atoms in total. The van der Waals surface area contributed by atoms with Gasteiger partial charge in [0.05, 0.1) is 6.54 Å². The molecule has 1 aromatic heterocycles. The minimum atomic E-state index is -3.16. The number of halogens is 2. The zero-order valence-electron chi connectivity index (χ0n) is 11.9. The molecule has 0 fully saturated rings. The third kappa shape index (κ3) is 5.64. The topological polar surface area (TPSA) is 70.1 Å². The molecular formula is C13H22F2N4O. The molecular weight excluding hydrogens is 266 g/mol. The van der Waals surface area contributed by atoms with Gasteiger partial charge in [0.15, 0.2) is 0 Å². The molecule has 0 unspecified atom stereocenters. The lowest BCUT2D eigenvalue weighted by atomic mass is 10.3. The summed E-state index contributed by atoms with van der Waals surface area (Å²) in [5.41, 5.74) is 0. The van der Waals surface area contributed by atoms with E-state index in [-0.39, 0.29) is 0 Å². The third-order valence-corrected chi connectivity index (χ3v) is 2.56. The fraction of sp³-hybridized carbons (Fsp3) is 0.692. The van der Waals surface area contributed by atoms with Crippen molar-refractivity contribution in [2.24, 2.45) is 0 Å². The minimum Gasteiger partial charge on any atom is -0.390 e. The van der Waals surface area contributed by atoms with E-state index < -0.39 is 19.1 Å². The van der Waals surface area contributed by atoms with Crippen LogP contribution >= 0.6 is 0 Å². The van der Waals surface area contributed by atoms with E-state index in [4.69, 9.17) is 5.11 Å². The van der Waals surface area contributed by atoms with Gasteiger partial charge < -0.3 is 15.7 Å². The molecule has 0 bridgehead atoms. The zero-order valence-corrected chi connectivity index (χ0v) is 11.9. The summed E-state index contributed by atoms with van der Waals surface area (Å²) in [6, 6.07) is 1.60. The van der Waals surface area contributed by atoms with Gasteiger partial charge >= 0.3 is 0 Å². The summed E-state index contributed by atoms with van der Waals surface area (Å²) in [6.07, 6.45) is 2.51. The lowest BCUT2D eigenvalue weighted by Gasteiger charge is -2.15. The fourth-order valence-corrected chi connectivity index (χ4v) is 1.54. The molecule has 7 heteroatoms. The van der Waals surface area contributed by atoms with Crippen molar-refractivity contribution in [1.29, 1.82) is 0 Å². The molecule has 1 heterocycles. The fourth-order valence-electron chi connectivity index (χ4n) is 1.54. The van der Waals surface area contributed by atoms with Crippen molar-refractivity contribution in [2.75, 3.05) is 30.3 Å². The van der Waals surface area contributed by atoms with Gasteiger partial charge in [0, 0.05) is 19.0 Å². The number of nitrogens with zero attached hydrogens (tertiary/aromatic N) is 2. The molecule has 114 valence electrons. The number of anilines is 2. The minimum absolute atomic E-state index is 0.343. The maximum atomic E-state index is 13.0. The number of hydrogen-bond acceptors (Lipinski definition) is 5. The van der Waals surface area contributed by atoms with E-state index in [1.807, 2.05) is 13.8 Å². The lowest BCUT2D eigenvalue weighted by molar-refractivity contribution is -0.0373. The van der Waals surface area contributed by atoms with E-state index >= 15 is 0 Å². The monoisotopic (exact) mass is 288 g/mol. The second-order valence-electron chi connectivity index (χ2n) is 4.60. The maximum absolute atomic E-state index is 13.0. The van der Waals surface area contributed by atoms with E-state index in [9.17, 15) is 8.78 Å². The van der Waals surface area contributed by atoms with Crippen molar-refractivity contribution in [1.82, 2.24) is 9.97 Å². The summed E-state index contributed by atoms with van der Waals surface area (Å²) in [7, 11) is 0. The van der Waals surface area contributed by atoms with Crippen LogP contribution in [0.5, 0.6) is 0 Å². The number of aliphatic hydroxyl groups excluding tert-OH is 1. The Morgan fingerprint density at radius 3 is 2.35 bits per heavy atom. The number of rotatable bonds is 9. The number of aliphatic hydroxyl groups is 1. The van der Waals surface area contributed by atoms with Crippen LogP contribution in [-0.4, -0.2) is 40.7 Å². The van der Waals surface area contributed by atoms with Crippen LogP contribution in [0.15, 0.2) is 6.07 Å². The zero-order chi connectivity index (χ0) is 15.0. The van der Waals surface area contributed by atoms with Gasteiger partial charge in [0.1, 0.15) is 24.1 Å². The summed E-state index contributed by atoms with van der Waals surface area (Å²) in [5.74, 6) is -1.58. The van der Waals surface area contributed by atoms with Crippen LogP contribution in [0.25, 0.3) is 0 Å². The van der Waals surface area contributed by atoms with Crippen molar-refractivity contribution in [3.05, 3.63) is 11.9 Å². The Morgan fingerprint density at radius 1 is 1.15 bits per heavy atom. The largest absolute Gasteiger partial charge is 0.390 e. The molecule has 0 saturated carbocycles. The molecule has 0 aliphatic carbocycles. The normalized spacial score (nSPS) is 11.4. The van der Waals surface area contributed by atoms with Crippen molar-refractivity contribution in [3.8, 4) is 0 Å². The van der Waals surface area contributed by atoms with E-state index in [0.29, 0.717) is 23.9 Å². The van der Waals surface area contributed by atoms with Crippen molar-refractivity contribution in [3.63, 3.8) is 0 Å². The van der Waals surface area contributed by atoms with E-state index in [0.717, 1.165) is 19.4 Å². The smallest absolute Gasteiger partial charge is 0.287 e. The van der Waals surface area contributed by atoms with Crippen molar-refractivity contribution < 1.29 is 13.9 Å². The molecule has 20 heavy (non-hydrogen) atoms. The van der Waals surface area contributed by atoms with Crippen LogP contribution in [0.2, 0.25) is 0 Å². The first-order valence-electron chi connectivity index (χ1n) is 6.85. The van der Waals surface area contributed by atoms with Gasteiger partial charge in [-0.25, -0.2) is 18.7 Å². The van der Waals surface area contributed by atoms with Crippen molar-refractivity contribution >= 4 is 11.6 Å². The number of aromatic nitrogens is 2. The third-order valence-electron chi connectivity index (χ3n) is 2.56. The Hall–Kier alpha value is -1.50. The average molecular weight is 288 g/mol. The molecule has 1 aromatic rings. The highest BCUT2D eigenvalue weighted by atomic mass is 19.3. The predicted molar refractivity (Wildman–Crippen MR) is 75.3 cm³/mol. The molecule has 1 rings (SSSR count). The van der Waals surface area contributed by atoms with Gasteiger partial charge in [0.2, 0.25) is 0 Å². The SMILES string of the molecule is CCCNc1cc(NCC(F)(F)CO)nc(CCC)n1. The molecule has 0 amide bonds. The highest BCUT2D eigenvalue weighted by molar-refractivity contribution is 5.47. The molecule has 0 aliphatic heterocycles. The Labute approximate surface area is 117 Å². The summed E-state index contributed by atoms with van der Waals surface area (Å²) < 4.78 is 26.0. The van der Waals surface area contributed by atoms with E-state index in [1.165, 1.54) is 0 Å². The average Bonchev–Trinajstić information content (AvgIpc) is 2.43. The second kappa shape index (κ2) is 7.94. The molecule has 0 aromatic carbocycles. The molecule has 0 spiro atoms. The van der Waals surface area contributed by atoms with Gasteiger partial charge in [-0.1, -0.05) is 13.8 Å². The molecule has 0 aliphatic rings. The summed E-state index contributed by atoms with van der Waals surface area (Å²) in [5, 5.41) is 14.2. The number of hydrogen-bond donors (Lipinski definition) is 3. The number of alkyl halides is 2. The van der Waals surface area contributed by atoms with Crippen molar-refractivity contribution in [2.45, 2.75) is 39.0 Å². The number of nitrogens with one attached hydrogen (secondary N) is 2. The van der Waals surface area contributed by atoms with Crippen LogP contribution in [0, 0.1) is 0 Å². The highest BCUT2D eigenvalue weighted by Crippen LogP contribution is 2.16. The van der Waals surface area contributed by atoms with Crippen LogP contribution in [0.3, 0.4) is 0 Å². The van der Waals surface area contributed by atoms with Crippen LogP contribution in [-0.2, 0) is 6.42 Å². The van der Waals surface area contributed by atoms with E-state index in [2.05, 4.69) is 20.6 Å². The van der Waals surface area contributed by atoms with E-state index in [1.54, 1.807) is 6.07 Å². The van der Waals surface area contributed by atoms with Gasteiger partial charge in [-0.15, -0.1) is 0 Å². The lowest BCUT2D eigenvalue weighted by Crippen LogP contribution is -2.31. The van der Waals surface area contributed by atoms with Gasteiger partial charge in [-0.3, -0.25) is 0 Å². The summed E-state index contributed by atoms with van der Waals surface area (Å²) in [4.78, 5) is 8.52.